The van der Waals surface area contributed by atoms with Crippen LogP contribution in [0.1, 0.15) is 20.8 Å². The van der Waals surface area contributed by atoms with Gasteiger partial charge >= 0.3 is 12.4 Å². The predicted molar refractivity (Wildman–Crippen MR) is 81.7 cm³/mol. The molecule has 2 amide bonds. The molecule has 7 nitrogen and oxygen atoms in total. The number of para-hydroxylation sites is 1. The molecule has 0 saturated carbocycles. The van der Waals surface area contributed by atoms with Gasteiger partial charge in [-0.25, -0.2) is 22.9 Å². The highest BCUT2D eigenvalue weighted by atomic mass is 32.2. The quantitative estimate of drug-likeness (QED) is 0.843. The second-order valence-electron chi connectivity index (χ2n) is 5.83. The van der Waals surface area contributed by atoms with Gasteiger partial charge < -0.3 is 4.74 Å². The summed E-state index contributed by atoms with van der Waals surface area (Å²) in [6.45, 7) is 4.99. The molecular weight excluding hydrogens is 363 g/mol. The first-order valence-electron chi connectivity index (χ1n) is 7.00. The number of allylic oxidation sites excluding steroid dienone is 1. The number of hydrogen-bond donors (Lipinski definition) is 2. The van der Waals surface area contributed by atoms with Crippen LogP contribution in [-0.4, -0.2) is 31.4 Å². The van der Waals surface area contributed by atoms with Crippen molar-refractivity contribution in [3.63, 3.8) is 0 Å². The summed E-state index contributed by atoms with van der Waals surface area (Å²) in [4.78, 5) is 11.5. The molecule has 0 saturated heterocycles. The second-order valence-corrected chi connectivity index (χ2v) is 7.48. The maximum absolute atomic E-state index is 12.4. The number of ether oxygens (including phenoxy) is 1. The third-order valence-electron chi connectivity index (χ3n) is 3.22. The first-order chi connectivity index (χ1) is 11.3. The molecule has 1 aliphatic rings. The van der Waals surface area contributed by atoms with Crippen LogP contribution in [0.15, 0.2) is 40.9 Å². The average molecular weight is 379 g/mol. The lowest BCUT2D eigenvalue weighted by atomic mass is 10.1. The number of amides is 2. The second kappa shape index (κ2) is 6.14. The minimum Gasteiger partial charge on any atom is -0.404 e. The van der Waals surface area contributed by atoms with Crippen molar-refractivity contribution in [2.45, 2.75) is 37.6 Å². The highest BCUT2D eigenvalue weighted by Gasteiger charge is 2.38. The number of alkyl halides is 3. The van der Waals surface area contributed by atoms with Crippen molar-refractivity contribution in [1.82, 2.24) is 15.2 Å². The Bertz CT molecular complexity index is 819. The van der Waals surface area contributed by atoms with Crippen LogP contribution in [0.3, 0.4) is 0 Å². The summed E-state index contributed by atoms with van der Waals surface area (Å²) in [7, 11) is -4.60. The summed E-state index contributed by atoms with van der Waals surface area (Å²) < 4.78 is 67.4. The predicted octanol–water partition coefficient (Wildman–Crippen LogP) is 2.49. The highest BCUT2D eigenvalue weighted by molar-refractivity contribution is 7.90. The van der Waals surface area contributed by atoms with Crippen LogP contribution in [0.5, 0.6) is 5.75 Å². The number of nitrogens with one attached hydrogen (secondary N) is 2. The van der Waals surface area contributed by atoms with E-state index in [1.54, 1.807) is 31.6 Å². The van der Waals surface area contributed by atoms with Crippen molar-refractivity contribution in [2.75, 3.05) is 0 Å². The molecule has 25 heavy (non-hydrogen) atoms. The number of carbonyl (C=O) groups excluding carboxylic acids is 1. The number of hydrogen-bond acceptors (Lipinski definition) is 5. The Morgan fingerprint density at radius 2 is 1.88 bits per heavy atom. The fraction of sp³-hybridized carbons (Fsp3) is 0.357. The molecule has 0 unspecified atom stereocenters. The van der Waals surface area contributed by atoms with Gasteiger partial charge in [0.25, 0.3) is 10.0 Å². The Hall–Kier alpha value is -2.43. The largest absolute Gasteiger partial charge is 0.573 e. The van der Waals surface area contributed by atoms with Gasteiger partial charge in [0.15, 0.2) is 0 Å². The molecule has 1 aromatic carbocycles. The van der Waals surface area contributed by atoms with Gasteiger partial charge in [-0.3, -0.25) is 5.43 Å². The van der Waals surface area contributed by atoms with Gasteiger partial charge in [0, 0.05) is 5.70 Å². The van der Waals surface area contributed by atoms with Crippen LogP contribution in [0.25, 0.3) is 0 Å². The number of carbonyl (C=O) groups is 1. The number of nitrogens with zero attached hydrogens (tertiary/aromatic N) is 1. The lowest BCUT2D eigenvalue weighted by molar-refractivity contribution is -0.275. The van der Waals surface area contributed by atoms with Crippen molar-refractivity contribution < 1.29 is 31.1 Å². The Kier molecular flexibility index (Phi) is 4.64. The van der Waals surface area contributed by atoms with Crippen LogP contribution in [0, 0.1) is 0 Å². The van der Waals surface area contributed by atoms with Crippen molar-refractivity contribution in [3.05, 3.63) is 36.0 Å². The van der Waals surface area contributed by atoms with Gasteiger partial charge in [-0.15, -0.1) is 13.2 Å². The zero-order valence-corrected chi connectivity index (χ0v) is 14.3. The minimum absolute atomic E-state index is 0.623. The molecule has 0 aromatic heterocycles. The average Bonchev–Trinajstić information content (AvgIpc) is 2.70. The number of halogens is 3. The lowest BCUT2D eigenvalue weighted by Gasteiger charge is -2.30. The molecule has 0 bridgehead atoms. The summed E-state index contributed by atoms with van der Waals surface area (Å²) in [5, 5.41) is 1.02. The Morgan fingerprint density at radius 3 is 2.40 bits per heavy atom. The van der Waals surface area contributed by atoms with Crippen molar-refractivity contribution in [2.24, 2.45) is 0 Å². The summed E-state index contributed by atoms with van der Waals surface area (Å²) in [5.74, 6) is -0.932. The molecule has 0 aliphatic carbocycles. The van der Waals surface area contributed by atoms with E-state index < -0.39 is 38.6 Å². The number of urea groups is 1. The molecule has 1 heterocycles. The van der Waals surface area contributed by atoms with E-state index >= 15 is 0 Å². The van der Waals surface area contributed by atoms with Crippen LogP contribution in [-0.2, 0) is 10.0 Å². The van der Waals surface area contributed by atoms with E-state index in [0.29, 0.717) is 5.70 Å². The zero-order valence-electron chi connectivity index (χ0n) is 13.5. The topological polar surface area (TPSA) is 87.7 Å². The molecule has 0 fully saturated rings. The van der Waals surface area contributed by atoms with Gasteiger partial charge in [-0.1, -0.05) is 12.1 Å². The van der Waals surface area contributed by atoms with Crippen LogP contribution >= 0.6 is 0 Å². The van der Waals surface area contributed by atoms with Crippen LogP contribution in [0.2, 0.25) is 0 Å². The van der Waals surface area contributed by atoms with Gasteiger partial charge in [-0.05, 0) is 39.0 Å². The molecule has 0 spiro atoms. The molecule has 0 radical (unpaired) electrons. The third-order valence-corrected chi connectivity index (χ3v) is 4.58. The van der Waals surface area contributed by atoms with Gasteiger partial charge in [0.05, 0.1) is 5.54 Å². The Labute approximate surface area is 142 Å². The van der Waals surface area contributed by atoms with Crippen LogP contribution in [0.4, 0.5) is 18.0 Å². The van der Waals surface area contributed by atoms with Gasteiger partial charge in [0.2, 0.25) is 0 Å². The maximum atomic E-state index is 12.4. The Balaban J connectivity index is 2.28. The van der Waals surface area contributed by atoms with E-state index in [1.807, 2.05) is 0 Å². The van der Waals surface area contributed by atoms with E-state index in [0.717, 1.165) is 17.1 Å². The summed E-state index contributed by atoms with van der Waals surface area (Å²) in [5.41, 5.74) is 2.47. The number of rotatable bonds is 3. The van der Waals surface area contributed by atoms with E-state index in [2.05, 4.69) is 10.2 Å². The normalized spacial score (nSPS) is 16.9. The standard InChI is InChI=1S/C14H16F3N3O4S/c1-9-8-13(2,3)20(18-9)12(21)19-25(22,23)11-7-5-4-6-10(11)24-14(15,16)17/h4-8,18H,1-3H3,(H,19,21). The van der Waals surface area contributed by atoms with E-state index in [9.17, 15) is 26.4 Å². The zero-order chi connectivity index (χ0) is 19.0. The van der Waals surface area contributed by atoms with Crippen molar-refractivity contribution >= 4 is 16.1 Å². The van der Waals surface area contributed by atoms with E-state index in [4.69, 9.17) is 0 Å². The number of benzene rings is 1. The molecule has 138 valence electrons. The minimum atomic E-state index is -5.07. The monoisotopic (exact) mass is 379 g/mol. The number of sulfonamides is 1. The first-order valence-corrected chi connectivity index (χ1v) is 8.48. The molecule has 1 aromatic rings. The molecular formula is C14H16F3N3O4S. The van der Waals surface area contributed by atoms with Crippen LogP contribution < -0.4 is 14.9 Å². The van der Waals surface area contributed by atoms with Gasteiger partial charge in [-0.2, -0.15) is 0 Å². The SMILES string of the molecule is CC1=CC(C)(C)N(C(=O)NS(=O)(=O)c2ccccc2OC(F)(F)F)N1. The van der Waals surface area contributed by atoms with E-state index in [1.165, 1.54) is 12.1 Å². The molecule has 11 heteroatoms. The molecule has 0 atom stereocenters. The maximum Gasteiger partial charge on any atom is 0.573 e. The summed E-state index contributed by atoms with van der Waals surface area (Å²) >= 11 is 0. The first kappa shape index (κ1) is 18.9. The Morgan fingerprint density at radius 1 is 1.28 bits per heavy atom. The van der Waals surface area contributed by atoms with Crippen molar-refractivity contribution in [3.8, 4) is 5.75 Å². The molecule has 2 rings (SSSR count). The summed E-state index contributed by atoms with van der Waals surface area (Å²) in [6.07, 6.45) is -3.38. The fourth-order valence-electron chi connectivity index (χ4n) is 2.36. The smallest absolute Gasteiger partial charge is 0.404 e. The molecule has 1 aliphatic heterocycles. The number of hydrazine groups is 1. The van der Waals surface area contributed by atoms with E-state index in [-0.39, 0.29) is 0 Å². The third kappa shape index (κ3) is 4.35. The highest BCUT2D eigenvalue weighted by Crippen LogP contribution is 2.29. The fourth-order valence-corrected chi connectivity index (χ4v) is 3.42. The lowest BCUT2D eigenvalue weighted by Crippen LogP contribution is -2.54. The van der Waals surface area contributed by atoms with Crippen molar-refractivity contribution in [1.29, 1.82) is 0 Å². The summed E-state index contributed by atoms with van der Waals surface area (Å²) in [6, 6.07) is 3.10. The van der Waals surface area contributed by atoms with Gasteiger partial charge in [0.1, 0.15) is 10.6 Å². The molecule has 2 N–H and O–H groups in total.